The van der Waals surface area contributed by atoms with E-state index in [9.17, 15) is 10.1 Å². The lowest BCUT2D eigenvalue weighted by Crippen LogP contribution is -2.16. The summed E-state index contributed by atoms with van der Waals surface area (Å²) >= 11 is 0. The first kappa shape index (κ1) is 33.9. The topological polar surface area (TPSA) is 100 Å². The Kier molecular flexibility index (Phi) is 8.96. The number of hydrogen-bond donors (Lipinski definition) is 2. The minimum absolute atomic E-state index is 0.117. The maximum atomic E-state index is 13.5. The second-order valence-corrected chi connectivity index (χ2v) is 14.1. The highest BCUT2D eigenvalue weighted by atomic mass is 16.6. The third-order valence-electron chi connectivity index (χ3n) is 10.7. The highest BCUT2D eigenvalue weighted by Crippen LogP contribution is 2.48. The van der Waals surface area contributed by atoms with E-state index >= 15 is 0 Å². The summed E-state index contributed by atoms with van der Waals surface area (Å²) in [5, 5.41) is 13.5. The van der Waals surface area contributed by atoms with E-state index in [-0.39, 0.29) is 4.92 Å². The molecule has 5 heterocycles. The van der Waals surface area contributed by atoms with Gasteiger partial charge < -0.3 is 9.97 Å². The van der Waals surface area contributed by atoms with Gasteiger partial charge >= 0.3 is 0 Å². The van der Waals surface area contributed by atoms with Crippen LogP contribution in [0, 0.1) is 10.1 Å². The van der Waals surface area contributed by atoms with Gasteiger partial charge in [-0.3, -0.25) is 10.1 Å². The fourth-order valence-corrected chi connectivity index (χ4v) is 8.23. The van der Waals surface area contributed by atoms with Crippen LogP contribution < -0.4 is 0 Å². The van der Waals surface area contributed by atoms with Crippen LogP contribution in [0.5, 0.6) is 0 Å². The maximum Gasteiger partial charge on any atom is 0.263 e. The molecule has 0 aliphatic carbocycles. The summed E-state index contributed by atoms with van der Waals surface area (Å²) in [5.74, 6) is -0.460. The molecule has 55 heavy (non-hydrogen) atoms. The Hall–Kier alpha value is -6.86. The summed E-state index contributed by atoms with van der Waals surface area (Å²) in [5.41, 5.74) is 13.5. The van der Waals surface area contributed by atoms with Gasteiger partial charge in [0.1, 0.15) is 5.69 Å². The lowest BCUT2D eigenvalue weighted by Gasteiger charge is -2.17. The Morgan fingerprint density at radius 1 is 0.527 bits per heavy atom. The molecule has 2 aliphatic heterocycles. The molecule has 0 saturated heterocycles. The Bertz CT molecular complexity index is 2720. The number of H-pyrrole nitrogens is 2. The molecule has 0 fully saturated rings. The van der Waals surface area contributed by atoms with E-state index in [1.807, 2.05) is 91.0 Å². The number of nitrogens with zero attached hydrogens (tertiary/aromatic N) is 3. The SMILES string of the molecule is CCCCC1c2nc(c(-c3ccccc3)c3ccc([nH]3)c(-c3ccccc3)c3nc(c(-c4ccccc4)c4ccc([nH]4)c2-c2ccccc2)C=C3)C1[N+](=O)[O-]. The molecule has 0 saturated carbocycles. The Balaban J connectivity index is 1.52. The first-order valence-corrected chi connectivity index (χ1v) is 18.9. The Labute approximate surface area is 319 Å². The van der Waals surface area contributed by atoms with Gasteiger partial charge in [0.2, 0.25) is 0 Å². The predicted octanol–water partition coefficient (Wildman–Crippen LogP) is 12.4. The van der Waals surface area contributed by atoms with Gasteiger partial charge in [-0.2, -0.15) is 0 Å². The van der Waals surface area contributed by atoms with Crippen molar-refractivity contribution >= 4 is 34.2 Å². The molecule has 2 N–H and O–H groups in total. The molecule has 2 atom stereocenters. The predicted molar refractivity (Wildman–Crippen MR) is 224 cm³/mol. The lowest BCUT2D eigenvalue weighted by molar-refractivity contribution is -0.532. The number of hydrogen-bond acceptors (Lipinski definition) is 4. The maximum absolute atomic E-state index is 13.5. The van der Waals surface area contributed by atoms with Gasteiger partial charge in [-0.25, -0.2) is 9.97 Å². The number of fused-ring (bicyclic) bond motifs is 8. The first-order chi connectivity index (χ1) is 27.1. The number of aromatic nitrogens is 4. The molecule has 0 amide bonds. The zero-order valence-electron chi connectivity index (χ0n) is 30.4. The number of aromatic amines is 2. The number of rotatable bonds is 8. The number of benzene rings is 4. The van der Waals surface area contributed by atoms with Crippen LogP contribution in [-0.4, -0.2) is 24.9 Å². The highest BCUT2D eigenvalue weighted by Gasteiger charge is 2.44. The van der Waals surface area contributed by atoms with Crippen LogP contribution in [0.2, 0.25) is 0 Å². The molecule has 268 valence electrons. The number of unbranched alkanes of at least 4 members (excludes halogenated alkanes) is 1. The normalized spacial score (nSPS) is 14.9. The van der Waals surface area contributed by atoms with Gasteiger partial charge in [-0.05, 0) is 65.1 Å². The molecule has 4 aromatic carbocycles. The molecule has 3 aromatic heterocycles. The molecule has 0 radical (unpaired) electrons. The average Bonchev–Trinajstić information content (AvgIpc) is 4.05. The van der Waals surface area contributed by atoms with Crippen molar-refractivity contribution in [1.29, 1.82) is 0 Å². The van der Waals surface area contributed by atoms with Crippen LogP contribution in [0.4, 0.5) is 0 Å². The van der Waals surface area contributed by atoms with Gasteiger partial charge in [-0.1, -0.05) is 141 Å². The standard InChI is InChI=1S/C48H39N5O2/c1-2-3-24-35-46-44(33-20-12-6-13-21-33)40-29-27-38(50-40)42(31-16-8-4-9-17-31)36-25-26-37(49-36)43(32-18-10-5-11-19-32)39-28-30-41(51-39)45(34-22-14-7-15-23-34)47(52-46)48(35)53(54)55/h4-23,25-30,35,48,50-51H,2-3,24H2,1H3. The summed E-state index contributed by atoms with van der Waals surface area (Å²) in [6, 6.07) is 47.9. The molecule has 7 heteroatoms. The zero-order chi connectivity index (χ0) is 37.3. The van der Waals surface area contributed by atoms with Gasteiger partial charge in [-0.15, -0.1) is 0 Å². The van der Waals surface area contributed by atoms with E-state index < -0.39 is 12.0 Å². The fourth-order valence-electron chi connectivity index (χ4n) is 8.23. The monoisotopic (exact) mass is 717 g/mol. The van der Waals surface area contributed by atoms with Crippen LogP contribution in [0.3, 0.4) is 0 Å². The van der Waals surface area contributed by atoms with E-state index in [0.717, 1.165) is 96.5 Å². The van der Waals surface area contributed by atoms with Crippen LogP contribution in [0.25, 0.3) is 78.7 Å². The molecular weight excluding hydrogens is 679 g/mol. The summed E-state index contributed by atoms with van der Waals surface area (Å²) < 4.78 is 0. The molecule has 2 unspecified atom stereocenters. The van der Waals surface area contributed by atoms with E-state index in [2.05, 4.69) is 83.6 Å². The van der Waals surface area contributed by atoms with Crippen molar-refractivity contribution in [3.63, 3.8) is 0 Å². The van der Waals surface area contributed by atoms with Crippen molar-refractivity contribution in [1.82, 2.24) is 19.9 Å². The minimum Gasteiger partial charge on any atom is -0.354 e. The van der Waals surface area contributed by atoms with Gasteiger partial charge in [0.05, 0.1) is 23.0 Å². The highest BCUT2D eigenvalue weighted by molar-refractivity contribution is 5.97. The quantitative estimate of drug-likeness (QED) is 0.121. The molecule has 2 aliphatic rings. The number of nitrogens with one attached hydrogen (secondary N) is 2. The zero-order valence-corrected chi connectivity index (χ0v) is 30.4. The summed E-state index contributed by atoms with van der Waals surface area (Å²) in [6.07, 6.45) is 6.54. The van der Waals surface area contributed by atoms with Crippen LogP contribution >= 0.6 is 0 Å². The smallest absolute Gasteiger partial charge is 0.263 e. The molecule has 7 aromatic rings. The van der Waals surface area contributed by atoms with Crippen molar-refractivity contribution < 1.29 is 4.92 Å². The second kappa shape index (κ2) is 14.5. The summed E-state index contributed by atoms with van der Waals surface area (Å²) in [4.78, 5) is 31.7. The van der Waals surface area contributed by atoms with Crippen molar-refractivity contribution in [3.05, 3.63) is 178 Å². The molecular formula is C48H39N5O2. The molecule has 8 bridgehead atoms. The third-order valence-corrected chi connectivity index (χ3v) is 10.7. The van der Waals surface area contributed by atoms with Gasteiger partial charge in [0.15, 0.2) is 0 Å². The van der Waals surface area contributed by atoms with E-state index in [1.54, 1.807) is 0 Å². The third kappa shape index (κ3) is 6.23. The van der Waals surface area contributed by atoms with Crippen LogP contribution in [-0.2, 0) is 0 Å². The van der Waals surface area contributed by atoms with Crippen molar-refractivity contribution in [2.24, 2.45) is 0 Å². The average molecular weight is 718 g/mol. The first-order valence-electron chi connectivity index (χ1n) is 18.9. The van der Waals surface area contributed by atoms with E-state index in [1.165, 1.54) is 0 Å². The van der Waals surface area contributed by atoms with Crippen molar-refractivity contribution in [3.8, 4) is 44.5 Å². The Morgan fingerprint density at radius 3 is 1.31 bits per heavy atom. The fraction of sp³-hybridized carbons (Fsp3) is 0.125. The van der Waals surface area contributed by atoms with Gasteiger partial charge in [0, 0.05) is 49.2 Å². The summed E-state index contributed by atoms with van der Waals surface area (Å²) in [6.45, 7) is 2.13. The number of nitro groups is 1. The van der Waals surface area contributed by atoms with Crippen molar-refractivity contribution in [2.45, 2.75) is 38.1 Å². The molecule has 9 rings (SSSR count). The van der Waals surface area contributed by atoms with Crippen LogP contribution in [0.15, 0.2) is 146 Å². The van der Waals surface area contributed by atoms with Crippen molar-refractivity contribution in [2.75, 3.05) is 0 Å². The van der Waals surface area contributed by atoms with Crippen LogP contribution in [0.1, 0.15) is 60.9 Å². The lowest BCUT2D eigenvalue weighted by atomic mass is 9.86. The summed E-state index contributed by atoms with van der Waals surface area (Å²) in [7, 11) is 0. The molecule has 7 nitrogen and oxygen atoms in total. The van der Waals surface area contributed by atoms with E-state index in [0.29, 0.717) is 12.1 Å². The van der Waals surface area contributed by atoms with E-state index in [4.69, 9.17) is 9.97 Å². The Morgan fingerprint density at radius 2 is 0.909 bits per heavy atom. The second-order valence-electron chi connectivity index (χ2n) is 14.1. The minimum atomic E-state index is -1.06. The molecule has 0 spiro atoms. The largest absolute Gasteiger partial charge is 0.354 e. The van der Waals surface area contributed by atoms with Gasteiger partial charge in [0.25, 0.3) is 6.04 Å².